The molecule has 0 spiro atoms. The molecule has 1 heterocycles. The van der Waals surface area contributed by atoms with Gasteiger partial charge in [0, 0.05) is 17.8 Å². The number of benzene rings is 3. The minimum absolute atomic E-state index is 0.313. The van der Waals surface area contributed by atoms with E-state index in [1.807, 2.05) is 48.6 Å². The lowest BCUT2D eigenvalue weighted by Crippen LogP contribution is -2.58. The van der Waals surface area contributed by atoms with Gasteiger partial charge in [-0.2, -0.15) is 26.3 Å². The van der Waals surface area contributed by atoms with Gasteiger partial charge in [-0.05, 0) is 71.8 Å². The molecule has 0 saturated carbocycles. The van der Waals surface area contributed by atoms with E-state index in [0.717, 1.165) is 41.1 Å². The number of halogens is 6. The molecule has 2 N–H and O–H groups in total. The number of hydrazine groups is 1. The Morgan fingerprint density at radius 1 is 0.732 bits per heavy atom. The number of pyridine rings is 1. The molecule has 0 fully saturated rings. The molecule has 0 saturated heterocycles. The van der Waals surface area contributed by atoms with Crippen molar-refractivity contribution in [3.63, 3.8) is 0 Å². The fourth-order valence-electron chi connectivity index (χ4n) is 3.68. The Morgan fingerprint density at radius 2 is 1.22 bits per heavy atom. The maximum Gasteiger partial charge on any atom is 0.416 e. The highest BCUT2D eigenvalue weighted by atomic mass is 32.1. The van der Waals surface area contributed by atoms with Gasteiger partial charge in [0.2, 0.25) is 12.4 Å². The number of aromatic nitrogens is 1. The summed E-state index contributed by atoms with van der Waals surface area (Å²) in [7, 11) is 1.59. The Kier molecular flexibility index (Phi) is 9.01. The summed E-state index contributed by atoms with van der Waals surface area (Å²) >= 11 is 4.53. The molecule has 41 heavy (non-hydrogen) atoms. The number of nitrogens with one attached hydrogen (secondary N) is 2. The van der Waals surface area contributed by atoms with Crippen LogP contribution in [0.4, 0.5) is 37.7 Å². The van der Waals surface area contributed by atoms with Crippen molar-refractivity contribution in [2.45, 2.75) is 17.9 Å². The van der Waals surface area contributed by atoms with Crippen LogP contribution in [-0.2, 0) is 12.4 Å². The lowest BCUT2D eigenvalue weighted by atomic mass is 10.1. The second kappa shape index (κ2) is 12.5. The summed E-state index contributed by atoms with van der Waals surface area (Å²) in [5.74, 6) is 0.752. The molecule has 214 valence electrons. The lowest BCUT2D eigenvalue weighted by molar-refractivity contribution is -0.651. The standard InChI is InChI=1S/C29H24F6N4OS/c1-40-26-14-4-20(5-15-26)2-3-21-16-18-38(19-17-21)37-39(25-12-8-23(9-13-25)29(33,34)35)27(41)36-24-10-6-22(7-11-24)28(30,31)32/h2-19,27,36-37H,1H3/p+1/b3-2+. The van der Waals surface area contributed by atoms with E-state index in [2.05, 4.69) is 23.5 Å². The van der Waals surface area contributed by atoms with Crippen molar-refractivity contribution in [3.8, 4) is 5.75 Å². The van der Waals surface area contributed by atoms with Crippen LogP contribution in [0.15, 0.2) is 97.3 Å². The van der Waals surface area contributed by atoms with E-state index < -0.39 is 29.0 Å². The summed E-state index contributed by atoms with van der Waals surface area (Å²) in [6, 6.07) is 19.9. The summed E-state index contributed by atoms with van der Waals surface area (Å²) in [4.78, 5) is 0. The first kappa shape index (κ1) is 29.7. The van der Waals surface area contributed by atoms with Crippen molar-refractivity contribution in [1.29, 1.82) is 0 Å². The number of hydrogen-bond donors (Lipinski definition) is 3. The first-order chi connectivity index (χ1) is 19.4. The molecular weight excluding hydrogens is 566 g/mol. The Hall–Kier alpha value is -4.32. The number of rotatable bonds is 9. The zero-order chi connectivity index (χ0) is 29.6. The molecule has 0 radical (unpaired) electrons. The Labute approximate surface area is 238 Å². The number of anilines is 2. The van der Waals surface area contributed by atoms with Crippen LogP contribution in [0, 0.1) is 0 Å². The molecule has 0 amide bonds. The minimum atomic E-state index is -4.51. The predicted molar refractivity (Wildman–Crippen MR) is 150 cm³/mol. The van der Waals surface area contributed by atoms with Crippen molar-refractivity contribution in [1.82, 2.24) is 0 Å². The zero-order valence-corrected chi connectivity index (χ0v) is 22.4. The predicted octanol–water partition coefficient (Wildman–Crippen LogP) is 7.48. The van der Waals surface area contributed by atoms with Gasteiger partial charge in [0.15, 0.2) is 5.50 Å². The Morgan fingerprint density at radius 3 is 1.71 bits per heavy atom. The monoisotopic (exact) mass is 591 g/mol. The van der Waals surface area contributed by atoms with Gasteiger partial charge in [0.1, 0.15) is 5.75 Å². The fourth-order valence-corrected chi connectivity index (χ4v) is 4.02. The van der Waals surface area contributed by atoms with Crippen molar-refractivity contribution < 1.29 is 35.8 Å². The smallest absolute Gasteiger partial charge is 0.416 e. The molecule has 4 rings (SSSR count). The van der Waals surface area contributed by atoms with Gasteiger partial charge < -0.3 is 10.1 Å². The molecule has 3 aromatic carbocycles. The van der Waals surface area contributed by atoms with Gasteiger partial charge in [-0.25, -0.2) is 5.01 Å². The number of ether oxygens (including phenoxy) is 1. The highest BCUT2D eigenvalue weighted by molar-refractivity contribution is 7.81. The molecule has 5 nitrogen and oxygen atoms in total. The molecule has 0 aliphatic carbocycles. The highest BCUT2D eigenvalue weighted by Gasteiger charge is 2.31. The lowest BCUT2D eigenvalue weighted by Gasteiger charge is -2.29. The Balaban J connectivity index is 1.53. The van der Waals surface area contributed by atoms with Crippen LogP contribution in [0.2, 0.25) is 0 Å². The van der Waals surface area contributed by atoms with Crippen molar-refractivity contribution in [3.05, 3.63) is 120 Å². The summed E-state index contributed by atoms with van der Waals surface area (Å²) in [5, 5.41) is 4.37. The molecule has 0 aliphatic rings. The van der Waals surface area contributed by atoms with Crippen LogP contribution in [0.5, 0.6) is 5.75 Å². The number of nitrogens with zero attached hydrogens (tertiary/aromatic N) is 2. The van der Waals surface area contributed by atoms with Gasteiger partial charge in [0.25, 0.3) is 0 Å². The Bertz CT molecular complexity index is 1440. The zero-order valence-electron chi connectivity index (χ0n) is 21.5. The molecule has 0 aliphatic heterocycles. The average molecular weight is 592 g/mol. The van der Waals surface area contributed by atoms with Crippen molar-refractivity contribution in [2.24, 2.45) is 0 Å². The van der Waals surface area contributed by atoms with Crippen LogP contribution in [0.3, 0.4) is 0 Å². The van der Waals surface area contributed by atoms with E-state index in [1.54, 1.807) is 24.2 Å². The van der Waals surface area contributed by atoms with Crippen LogP contribution >= 0.6 is 12.6 Å². The third-order valence-corrected chi connectivity index (χ3v) is 6.25. The van der Waals surface area contributed by atoms with Crippen LogP contribution in [0.1, 0.15) is 22.3 Å². The minimum Gasteiger partial charge on any atom is -0.497 e. The summed E-state index contributed by atoms with van der Waals surface area (Å²) in [5.41, 5.74) is 2.97. The van der Waals surface area contributed by atoms with E-state index in [0.29, 0.717) is 11.4 Å². The first-order valence-corrected chi connectivity index (χ1v) is 12.6. The van der Waals surface area contributed by atoms with E-state index >= 15 is 0 Å². The SMILES string of the molecule is COc1ccc(/C=C/c2cc[n+](NN(c3ccc(C(F)(F)F)cc3)C(S)Nc3ccc(C(F)(F)F)cc3)cc2)cc1. The molecular formula is C29H25F6N4OS+. The average Bonchev–Trinajstić information content (AvgIpc) is 2.95. The van der Waals surface area contributed by atoms with Gasteiger partial charge >= 0.3 is 12.4 Å². The van der Waals surface area contributed by atoms with Crippen molar-refractivity contribution >= 4 is 36.2 Å². The summed E-state index contributed by atoms with van der Waals surface area (Å²) in [6.45, 7) is 0. The maximum absolute atomic E-state index is 13.1. The van der Waals surface area contributed by atoms with Gasteiger partial charge in [0.05, 0.1) is 23.9 Å². The first-order valence-electron chi connectivity index (χ1n) is 12.1. The molecule has 0 bridgehead atoms. The van der Waals surface area contributed by atoms with Gasteiger partial charge in [-0.1, -0.05) is 34.5 Å². The second-order valence-corrected chi connectivity index (χ2v) is 9.24. The molecule has 1 atom stereocenters. The number of methoxy groups -OCH3 is 1. The molecule has 1 aromatic heterocycles. The van der Waals surface area contributed by atoms with E-state index in [1.165, 1.54) is 29.3 Å². The normalized spacial score (nSPS) is 12.7. The van der Waals surface area contributed by atoms with Crippen LogP contribution in [-0.4, -0.2) is 12.6 Å². The van der Waals surface area contributed by atoms with Gasteiger partial charge in [-0.15, -0.1) is 12.6 Å². The topological polar surface area (TPSA) is 40.4 Å². The number of thiol groups is 1. The highest BCUT2D eigenvalue weighted by Crippen LogP contribution is 2.32. The largest absolute Gasteiger partial charge is 0.497 e. The van der Waals surface area contributed by atoms with E-state index in [4.69, 9.17) is 4.74 Å². The van der Waals surface area contributed by atoms with E-state index in [-0.39, 0.29) is 0 Å². The number of hydrogen-bond acceptors (Lipinski definition) is 5. The van der Waals surface area contributed by atoms with Gasteiger partial charge in [-0.3, -0.25) is 0 Å². The van der Waals surface area contributed by atoms with Crippen LogP contribution in [0.25, 0.3) is 12.2 Å². The molecule has 4 aromatic rings. The molecule has 1 unspecified atom stereocenters. The summed E-state index contributed by atoms with van der Waals surface area (Å²) < 4.78 is 84.9. The fraction of sp³-hybridized carbons (Fsp3) is 0.138. The quantitative estimate of drug-likeness (QED) is 0.0621. The van der Waals surface area contributed by atoms with Crippen LogP contribution < -0.4 is 25.3 Å². The number of alkyl halides is 6. The third-order valence-electron chi connectivity index (χ3n) is 5.89. The van der Waals surface area contributed by atoms with Crippen molar-refractivity contribution in [2.75, 3.05) is 23.0 Å². The van der Waals surface area contributed by atoms with E-state index in [9.17, 15) is 26.3 Å². The maximum atomic E-state index is 13.1. The second-order valence-electron chi connectivity index (χ2n) is 8.75. The summed E-state index contributed by atoms with van der Waals surface area (Å²) in [6.07, 6.45) is -1.77. The molecule has 12 heteroatoms. The third kappa shape index (κ3) is 8.10.